The predicted molar refractivity (Wildman–Crippen MR) is 111 cm³/mol. The van der Waals surface area contributed by atoms with Crippen LogP contribution in [0.1, 0.15) is 45.7 Å². The molecule has 0 saturated carbocycles. The highest BCUT2D eigenvalue weighted by atomic mass is 16.6. The number of rotatable bonds is 7. The fraction of sp³-hybridized carbons (Fsp3) is 0.273. The number of nitrogens with one attached hydrogen (secondary N) is 1. The second kappa shape index (κ2) is 8.68. The van der Waals surface area contributed by atoms with Crippen molar-refractivity contribution in [3.05, 3.63) is 92.8 Å². The summed E-state index contributed by atoms with van der Waals surface area (Å²) in [4.78, 5) is 23.2. The minimum Gasteiger partial charge on any atom is -0.351 e. The van der Waals surface area contributed by atoms with E-state index in [1.54, 1.807) is 30.7 Å². The summed E-state index contributed by atoms with van der Waals surface area (Å²) in [6.07, 6.45) is 0. The lowest BCUT2D eigenvalue weighted by Crippen LogP contribution is -2.27. The molecule has 1 N–H and O–H groups in total. The van der Waals surface area contributed by atoms with Crippen LogP contribution in [0.4, 0.5) is 5.69 Å². The minimum absolute atomic E-state index is 0.0496. The summed E-state index contributed by atoms with van der Waals surface area (Å²) in [5.74, 6) is 0.0994. The number of nitro groups is 1. The van der Waals surface area contributed by atoms with Crippen LogP contribution in [0.2, 0.25) is 0 Å². The molecule has 0 bridgehead atoms. The van der Waals surface area contributed by atoms with Gasteiger partial charge in [0.15, 0.2) is 0 Å². The van der Waals surface area contributed by atoms with Gasteiger partial charge in [-0.05, 0) is 43.0 Å². The maximum atomic E-state index is 12.4. The first-order valence-electron chi connectivity index (χ1n) is 9.47. The van der Waals surface area contributed by atoms with Crippen molar-refractivity contribution in [3.63, 3.8) is 0 Å². The van der Waals surface area contributed by atoms with Gasteiger partial charge in [0.05, 0.1) is 11.5 Å². The first-order chi connectivity index (χ1) is 13.9. The molecule has 1 heterocycles. The molecular formula is C22H24N4O3. The van der Waals surface area contributed by atoms with Gasteiger partial charge >= 0.3 is 5.69 Å². The zero-order chi connectivity index (χ0) is 21.0. The number of aryl methyl sites for hydroxylation is 1. The van der Waals surface area contributed by atoms with E-state index in [2.05, 4.69) is 29.5 Å². The third-order valence-corrected chi connectivity index (χ3v) is 5.01. The van der Waals surface area contributed by atoms with Gasteiger partial charge in [0.2, 0.25) is 0 Å². The number of hydrogen-bond donors (Lipinski definition) is 1. The van der Waals surface area contributed by atoms with Crippen molar-refractivity contribution in [2.24, 2.45) is 0 Å². The van der Waals surface area contributed by atoms with Crippen molar-refractivity contribution >= 4 is 11.6 Å². The molecule has 7 nitrogen and oxygen atoms in total. The molecule has 7 heteroatoms. The maximum absolute atomic E-state index is 12.4. The summed E-state index contributed by atoms with van der Waals surface area (Å²) in [5.41, 5.74) is 3.64. The van der Waals surface area contributed by atoms with Gasteiger partial charge in [0.25, 0.3) is 5.91 Å². The molecule has 0 radical (unpaired) electrons. The molecule has 1 aromatic heterocycles. The highest BCUT2D eigenvalue weighted by Crippen LogP contribution is 2.22. The average Bonchev–Trinajstić information content (AvgIpc) is 3.00. The Balaban J connectivity index is 1.62. The zero-order valence-electron chi connectivity index (χ0n) is 16.8. The lowest BCUT2D eigenvalue weighted by atomic mass is 10.0. The van der Waals surface area contributed by atoms with E-state index in [1.165, 1.54) is 5.56 Å². The Morgan fingerprint density at radius 2 is 1.79 bits per heavy atom. The van der Waals surface area contributed by atoms with E-state index in [-0.39, 0.29) is 17.5 Å². The molecule has 1 amide bonds. The Kier molecular flexibility index (Phi) is 6.07. The number of carbonyl (C=O) groups excluding carboxylic acids is 1. The highest BCUT2D eigenvalue weighted by molar-refractivity contribution is 5.94. The van der Waals surface area contributed by atoms with Crippen molar-refractivity contribution in [2.45, 2.75) is 33.2 Å². The summed E-state index contributed by atoms with van der Waals surface area (Å²) < 4.78 is 1.62. The molecule has 0 aliphatic carbocycles. The number of hydrogen-bond acceptors (Lipinski definition) is 4. The Morgan fingerprint density at radius 3 is 2.38 bits per heavy atom. The highest BCUT2D eigenvalue weighted by Gasteiger charge is 2.21. The standard InChI is InChI=1S/C22H24N4O3/c1-15(19-7-5-4-6-8-19)13-23-22(27)20-11-9-18(10-12-20)14-25-17(3)21(26(28)29)16(2)24-25/h4-12,15H,13-14H2,1-3H3,(H,23,27)/t15-/m0/s1. The zero-order valence-corrected chi connectivity index (χ0v) is 16.8. The number of benzene rings is 2. The second-order valence-electron chi connectivity index (χ2n) is 7.15. The van der Waals surface area contributed by atoms with Crippen LogP contribution in [0.25, 0.3) is 0 Å². The summed E-state index contributed by atoms with van der Waals surface area (Å²) >= 11 is 0. The lowest BCUT2D eigenvalue weighted by molar-refractivity contribution is -0.386. The van der Waals surface area contributed by atoms with Crippen molar-refractivity contribution in [1.82, 2.24) is 15.1 Å². The number of carbonyl (C=O) groups is 1. The molecule has 0 aliphatic rings. The van der Waals surface area contributed by atoms with Gasteiger partial charge in [-0.3, -0.25) is 19.6 Å². The quantitative estimate of drug-likeness (QED) is 0.486. The average molecular weight is 392 g/mol. The van der Waals surface area contributed by atoms with Gasteiger partial charge in [-0.15, -0.1) is 0 Å². The van der Waals surface area contributed by atoms with Crippen LogP contribution in [-0.4, -0.2) is 27.2 Å². The van der Waals surface area contributed by atoms with Crippen LogP contribution in [-0.2, 0) is 6.54 Å². The summed E-state index contributed by atoms with van der Waals surface area (Å²) in [5, 5.41) is 18.4. The van der Waals surface area contributed by atoms with Crippen LogP contribution in [0.15, 0.2) is 54.6 Å². The van der Waals surface area contributed by atoms with E-state index in [4.69, 9.17) is 0 Å². The maximum Gasteiger partial charge on any atom is 0.312 e. The van der Waals surface area contributed by atoms with E-state index < -0.39 is 4.92 Å². The molecule has 0 unspecified atom stereocenters. The van der Waals surface area contributed by atoms with Gasteiger partial charge in [-0.25, -0.2) is 0 Å². The van der Waals surface area contributed by atoms with Crippen LogP contribution < -0.4 is 5.32 Å². The fourth-order valence-electron chi connectivity index (χ4n) is 3.29. The Morgan fingerprint density at radius 1 is 1.14 bits per heavy atom. The largest absolute Gasteiger partial charge is 0.351 e. The molecule has 0 spiro atoms. The van der Waals surface area contributed by atoms with E-state index in [0.717, 1.165) is 5.56 Å². The Labute approximate surface area is 169 Å². The van der Waals surface area contributed by atoms with Crippen LogP contribution >= 0.6 is 0 Å². The number of nitrogens with zero attached hydrogens (tertiary/aromatic N) is 3. The smallest absolute Gasteiger partial charge is 0.312 e. The molecule has 0 aliphatic heterocycles. The first-order valence-corrected chi connectivity index (χ1v) is 9.47. The molecule has 150 valence electrons. The van der Waals surface area contributed by atoms with Crippen molar-refractivity contribution in [3.8, 4) is 0 Å². The molecule has 1 atom stereocenters. The van der Waals surface area contributed by atoms with Crippen molar-refractivity contribution < 1.29 is 9.72 Å². The molecule has 0 fully saturated rings. The molecular weight excluding hydrogens is 368 g/mol. The van der Waals surface area contributed by atoms with E-state index in [0.29, 0.717) is 30.0 Å². The third kappa shape index (κ3) is 4.68. The van der Waals surface area contributed by atoms with Crippen LogP contribution in [0, 0.1) is 24.0 Å². The van der Waals surface area contributed by atoms with Gasteiger partial charge in [0.1, 0.15) is 11.4 Å². The summed E-state index contributed by atoms with van der Waals surface area (Å²) in [7, 11) is 0. The van der Waals surface area contributed by atoms with Crippen LogP contribution in [0.3, 0.4) is 0 Å². The van der Waals surface area contributed by atoms with Gasteiger partial charge in [0, 0.05) is 12.1 Å². The third-order valence-electron chi connectivity index (χ3n) is 5.01. The molecule has 2 aromatic carbocycles. The van der Waals surface area contributed by atoms with E-state index in [9.17, 15) is 14.9 Å². The van der Waals surface area contributed by atoms with Gasteiger partial charge in [-0.1, -0.05) is 49.4 Å². The first kappa shape index (κ1) is 20.3. The lowest BCUT2D eigenvalue weighted by Gasteiger charge is -2.13. The van der Waals surface area contributed by atoms with Crippen molar-refractivity contribution in [2.75, 3.05) is 6.54 Å². The van der Waals surface area contributed by atoms with Crippen LogP contribution in [0.5, 0.6) is 0 Å². The van der Waals surface area contributed by atoms with Gasteiger partial charge < -0.3 is 5.32 Å². The summed E-state index contributed by atoms with van der Waals surface area (Å²) in [6.45, 7) is 6.36. The normalized spacial score (nSPS) is 11.8. The molecule has 0 saturated heterocycles. The second-order valence-corrected chi connectivity index (χ2v) is 7.15. The van der Waals surface area contributed by atoms with E-state index >= 15 is 0 Å². The van der Waals surface area contributed by atoms with Crippen molar-refractivity contribution in [1.29, 1.82) is 0 Å². The molecule has 29 heavy (non-hydrogen) atoms. The number of amides is 1. The minimum atomic E-state index is -0.405. The molecule has 3 rings (SSSR count). The predicted octanol–water partition coefficient (Wildman–Crippen LogP) is 3.99. The SMILES string of the molecule is Cc1nn(Cc2ccc(C(=O)NC[C@H](C)c3ccccc3)cc2)c(C)c1[N+](=O)[O-]. The number of aromatic nitrogens is 2. The monoisotopic (exact) mass is 392 g/mol. The van der Waals surface area contributed by atoms with E-state index in [1.807, 2.05) is 30.3 Å². The molecule has 3 aromatic rings. The summed E-state index contributed by atoms with van der Waals surface area (Å²) in [6, 6.07) is 17.3. The Hall–Kier alpha value is -3.48. The fourth-order valence-corrected chi connectivity index (χ4v) is 3.29. The Bertz CT molecular complexity index is 1010. The van der Waals surface area contributed by atoms with Gasteiger partial charge in [-0.2, -0.15) is 5.10 Å². The topological polar surface area (TPSA) is 90.1 Å².